The number of ether oxygens (including phenoxy) is 1. The number of alkyl halides is 4. The number of fused-ring (bicyclic) bond motifs is 1. The van der Waals surface area contributed by atoms with E-state index >= 15 is 0 Å². The van der Waals surface area contributed by atoms with Crippen molar-refractivity contribution in [1.82, 2.24) is 39.8 Å². The van der Waals surface area contributed by atoms with Gasteiger partial charge in [0.2, 0.25) is 5.88 Å². The SMILES string of the molecule is Cn1nc(O[C@H](c2ccnc(CN3CCC(F)(F)C3)c2)C(F)F)c2cc(-c3c[nH]c(=O)[nH]c3=O)nnc21. The molecule has 1 atom stereocenters. The third-order valence-electron chi connectivity index (χ3n) is 5.92. The molecule has 4 aromatic rings. The fraction of sp³-hybridized carbons (Fsp3) is 0.364. The molecule has 37 heavy (non-hydrogen) atoms. The van der Waals surface area contributed by atoms with Gasteiger partial charge in [-0.25, -0.2) is 27.0 Å². The fourth-order valence-corrected chi connectivity index (χ4v) is 4.15. The molecule has 194 valence electrons. The van der Waals surface area contributed by atoms with Crippen LogP contribution < -0.4 is 16.0 Å². The van der Waals surface area contributed by atoms with Crippen LogP contribution in [0.15, 0.2) is 40.2 Å². The second-order valence-electron chi connectivity index (χ2n) is 8.65. The number of aryl methyl sites for hydroxylation is 1. The van der Waals surface area contributed by atoms with E-state index in [4.69, 9.17) is 4.74 Å². The van der Waals surface area contributed by atoms with Crippen LogP contribution in [0.5, 0.6) is 5.88 Å². The highest BCUT2D eigenvalue weighted by Gasteiger charge is 2.38. The Balaban J connectivity index is 1.46. The molecule has 0 bridgehead atoms. The summed E-state index contributed by atoms with van der Waals surface area (Å²) in [5, 5.41) is 12.3. The highest BCUT2D eigenvalue weighted by Crippen LogP contribution is 2.33. The summed E-state index contributed by atoms with van der Waals surface area (Å²) in [7, 11) is 1.52. The molecular formula is C22H20F4N8O3. The molecule has 4 aromatic heterocycles. The van der Waals surface area contributed by atoms with Crippen LogP contribution in [0.1, 0.15) is 23.8 Å². The molecule has 0 unspecified atom stereocenters. The van der Waals surface area contributed by atoms with E-state index in [2.05, 4.69) is 30.2 Å². The van der Waals surface area contributed by atoms with Gasteiger partial charge in [-0.05, 0) is 18.2 Å². The molecule has 5 heterocycles. The summed E-state index contributed by atoms with van der Waals surface area (Å²) in [6.07, 6.45) is -2.52. The summed E-state index contributed by atoms with van der Waals surface area (Å²) in [6, 6.07) is 4.14. The number of hydrogen-bond acceptors (Lipinski definition) is 8. The second kappa shape index (κ2) is 9.38. The van der Waals surface area contributed by atoms with Crippen molar-refractivity contribution >= 4 is 11.0 Å². The van der Waals surface area contributed by atoms with Crippen molar-refractivity contribution in [2.24, 2.45) is 7.05 Å². The summed E-state index contributed by atoms with van der Waals surface area (Å²) in [4.78, 5) is 33.5. The van der Waals surface area contributed by atoms with Crippen LogP contribution in [0, 0.1) is 0 Å². The number of nitrogens with one attached hydrogen (secondary N) is 2. The van der Waals surface area contributed by atoms with Gasteiger partial charge < -0.3 is 9.72 Å². The zero-order valence-corrected chi connectivity index (χ0v) is 19.3. The molecule has 15 heteroatoms. The van der Waals surface area contributed by atoms with Gasteiger partial charge in [0.25, 0.3) is 17.9 Å². The van der Waals surface area contributed by atoms with E-state index in [0.717, 1.165) is 6.20 Å². The third kappa shape index (κ3) is 5.07. The van der Waals surface area contributed by atoms with E-state index in [1.54, 1.807) is 0 Å². The summed E-state index contributed by atoms with van der Waals surface area (Å²) >= 11 is 0. The van der Waals surface area contributed by atoms with Gasteiger partial charge in [-0.3, -0.25) is 19.7 Å². The number of hydrogen-bond donors (Lipinski definition) is 2. The van der Waals surface area contributed by atoms with E-state index < -0.39 is 36.2 Å². The Morgan fingerprint density at radius 3 is 2.73 bits per heavy atom. The van der Waals surface area contributed by atoms with Gasteiger partial charge in [0.05, 0.1) is 23.2 Å². The normalized spacial score (nSPS) is 16.5. The van der Waals surface area contributed by atoms with Crippen LogP contribution in [-0.4, -0.2) is 65.3 Å². The molecule has 1 fully saturated rings. The number of H-pyrrole nitrogens is 2. The lowest BCUT2D eigenvalue weighted by atomic mass is 10.1. The van der Waals surface area contributed by atoms with Crippen LogP contribution in [0.2, 0.25) is 0 Å². The van der Waals surface area contributed by atoms with Crippen molar-refractivity contribution in [3.8, 4) is 17.1 Å². The predicted octanol–water partition coefficient (Wildman–Crippen LogP) is 2.03. The lowest BCUT2D eigenvalue weighted by molar-refractivity contribution is 0.00823. The molecule has 0 aromatic carbocycles. The molecule has 11 nitrogen and oxygen atoms in total. The molecule has 1 aliphatic heterocycles. The Morgan fingerprint density at radius 2 is 2.03 bits per heavy atom. The Labute approximate surface area is 205 Å². The van der Waals surface area contributed by atoms with E-state index in [1.807, 2.05) is 0 Å². The molecule has 2 N–H and O–H groups in total. The maximum Gasteiger partial charge on any atom is 0.325 e. The largest absolute Gasteiger partial charge is 0.462 e. The van der Waals surface area contributed by atoms with Crippen LogP contribution in [-0.2, 0) is 13.6 Å². The van der Waals surface area contributed by atoms with E-state index in [-0.39, 0.29) is 53.2 Å². The van der Waals surface area contributed by atoms with Crippen molar-refractivity contribution in [3.05, 3.63) is 62.7 Å². The Bertz CT molecular complexity index is 1570. The standard InChI is InChI=1S/C22H20F4N8O3/c1-33-18-13(7-15(30-31-18)14-8-28-21(36)29-19(14)35)20(32-33)37-16(17(23)24)11-2-4-27-12(6-11)9-34-5-3-22(25,26)10-34/h2,4,6-8,16-17H,3,5,9-10H2,1H3,(H2,28,29,35,36)/t16-/m1/s1. The van der Waals surface area contributed by atoms with Crippen molar-refractivity contribution in [2.75, 3.05) is 13.1 Å². The van der Waals surface area contributed by atoms with Gasteiger partial charge in [0.1, 0.15) is 5.69 Å². The van der Waals surface area contributed by atoms with Crippen molar-refractivity contribution in [2.45, 2.75) is 31.4 Å². The maximum absolute atomic E-state index is 14.2. The first kappa shape index (κ1) is 24.5. The maximum atomic E-state index is 14.2. The minimum atomic E-state index is -2.97. The molecule has 0 saturated carbocycles. The van der Waals surface area contributed by atoms with Crippen molar-refractivity contribution in [1.29, 1.82) is 0 Å². The van der Waals surface area contributed by atoms with Gasteiger partial charge in [-0.15, -0.1) is 15.3 Å². The highest BCUT2D eigenvalue weighted by molar-refractivity contribution is 5.84. The first-order chi connectivity index (χ1) is 17.6. The van der Waals surface area contributed by atoms with Gasteiger partial charge in [-0.1, -0.05) is 0 Å². The molecule has 0 radical (unpaired) electrons. The third-order valence-corrected chi connectivity index (χ3v) is 5.92. The zero-order valence-electron chi connectivity index (χ0n) is 19.3. The first-order valence-corrected chi connectivity index (χ1v) is 11.1. The second-order valence-corrected chi connectivity index (χ2v) is 8.65. The lowest BCUT2D eigenvalue weighted by Gasteiger charge is -2.19. The molecular weight excluding hydrogens is 500 g/mol. The average molecular weight is 520 g/mol. The topological polar surface area (TPSA) is 135 Å². The predicted molar refractivity (Wildman–Crippen MR) is 121 cm³/mol. The zero-order chi connectivity index (χ0) is 26.3. The number of pyridine rings is 1. The average Bonchev–Trinajstić information content (AvgIpc) is 3.34. The summed E-state index contributed by atoms with van der Waals surface area (Å²) < 4.78 is 62.3. The van der Waals surface area contributed by atoms with Crippen molar-refractivity contribution in [3.63, 3.8) is 0 Å². The van der Waals surface area contributed by atoms with E-state index in [1.165, 1.54) is 41.0 Å². The highest BCUT2D eigenvalue weighted by atomic mass is 19.3. The van der Waals surface area contributed by atoms with Gasteiger partial charge in [0.15, 0.2) is 11.8 Å². The minimum Gasteiger partial charge on any atom is -0.462 e. The van der Waals surface area contributed by atoms with Crippen LogP contribution in [0.3, 0.4) is 0 Å². The quantitative estimate of drug-likeness (QED) is 0.354. The van der Waals surface area contributed by atoms with Gasteiger partial charge in [-0.2, -0.15) is 0 Å². The fourth-order valence-electron chi connectivity index (χ4n) is 4.15. The number of halogens is 4. The number of rotatable bonds is 7. The smallest absolute Gasteiger partial charge is 0.325 e. The van der Waals surface area contributed by atoms with Crippen LogP contribution in [0.4, 0.5) is 17.6 Å². The van der Waals surface area contributed by atoms with Crippen LogP contribution >= 0.6 is 0 Å². The first-order valence-electron chi connectivity index (χ1n) is 11.1. The molecule has 0 aliphatic carbocycles. The van der Waals surface area contributed by atoms with Gasteiger partial charge >= 0.3 is 5.69 Å². The number of likely N-dealkylation sites (tertiary alicyclic amines) is 1. The lowest BCUT2D eigenvalue weighted by Crippen LogP contribution is -2.25. The summed E-state index contributed by atoms with van der Waals surface area (Å²) in [5.41, 5.74) is -0.717. The number of aromatic amines is 2. The monoisotopic (exact) mass is 520 g/mol. The summed E-state index contributed by atoms with van der Waals surface area (Å²) in [5.74, 6) is -2.97. The summed E-state index contributed by atoms with van der Waals surface area (Å²) in [6.45, 7) is -0.164. The molecule has 0 amide bonds. The van der Waals surface area contributed by atoms with Crippen LogP contribution in [0.25, 0.3) is 22.3 Å². The Kier molecular flexibility index (Phi) is 6.23. The molecule has 1 aliphatic rings. The van der Waals surface area contributed by atoms with Gasteiger partial charge in [0, 0.05) is 44.5 Å². The Morgan fingerprint density at radius 1 is 1.22 bits per heavy atom. The Hall–Kier alpha value is -4.14. The molecule has 1 saturated heterocycles. The van der Waals surface area contributed by atoms with Crippen molar-refractivity contribution < 1.29 is 22.3 Å². The minimum absolute atomic E-state index is 0.000443. The number of nitrogens with zero attached hydrogens (tertiary/aromatic N) is 6. The van der Waals surface area contributed by atoms with E-state index in [9.17, 15) is 27.2 Å². The number of aromatic nitrogens is 7. The molecule has 0 spiro atoms. The molecule has 5 rings (SSSR count). The van der Waals surface area contributed by atoms with E-state index in [0.29, 0.717) is 5.69 Å².